The first-order valence-electron chi connectivity index (χ1n) is 9.64. The molecule has 3 N–H and O–H groups in total. The quantitative estimate of drug-likeness (QED) is 0.382. The van der Waals surface area contributed by atoms with Gasteiger partial charge in [-0.25, -0.2) is 0 Å². The highest BCUT2D eigenvalue weighted by Crippen LogP contribution is 2.33. The largest absolute Gasteiger partial charge is 0.381 e. The molecule has 0 atom stereocenters. The van der Waals surface area contributed by atoms with Crippen molar-refractivity contribution in [2.75, 3.05) is 11.1 Å². The molecule has 0 bridgehead atoms. The lowest BCUT2D eigenvalue weighted by Crippen LogP contribution is -2.12. The molecule has 1 amide bonds. The number of rotatable bonds is 5. The number of benzene rings is 1. The van der Waals surface area contributed by atoms with Gasteiger partial charge in [0.2, 0.25) is 0 Å². The van der Waals surface area contributed by atoms with Crippen molar-refractivity contribution in [3.05, 3.63) is 51.7 Å². The molecule has 0 saturated carbocycles. The zero-order valence-electron chi connectivity index (χ0n) is 16.8. The molecule has 0 aliphatic rings. The third-order valence-electron chi connectivity index (χ3n) is 5.14. The molecule has 5 aromatic rings. The van der Waals surface area contributed by atoms with Gasteiger partial charge in [-0.05, 0) is 41.1 Å². The molecular weight excluding hydrogens is 480 g/mol. The van der Waals surface area contributed by atoms with Gasteiger partial charge in [-0.2, -0.15) is 15.3 Å². The van der Waals surface area contributed by atoms with Crippen molar-refractivity contribution >= 4 is 65.8 Å². The first-order valence-corrected chi connectivity index (χ1v) is 11.3. The number of fused-ring (bicyclic) bond motifs is 2. The van der Waals surface area contributed by atoms with E-state index in [0.717, 1.165) is 33.4 Å². The predicted octanol–water partition coefficient (Wildman–Crippen LogP) is 3.85. The number of halogens is 1. The number of carbonyl (C=O) groups is 1. The van der Waals surface area contributed by atoms with E-state index in [0.29, 0.717) is 28.2 Å². The number of aryl methyl sites for hydroxylation is 2. The van der Waals surface area contributed by atoms with Gasteiger partial charge in [-0.1, -0.05) is 6.07 Å². The van der Waals surface area contributed by atoms with Gasteiger partial charge in [0.25, 0.3) is 5.91 Å². The number of nitrogens with two attached hydrogens (primary N) is 1. The zero-order valence-corrected chi connectivity index (χ0v) is 19.2. The van der Waals surface area contributed by atoms with E-state index in [9.17, 15) is 4.79 Å². The zero-order chi connectivity index (χ0) is 21.7. The molecule has 4 heterocycles. The van der Waals surface area contributed by atoms with E-state index >= 15 is 0 Å². The summed E-state index contributed by atoms with van der Waals surface area (Å²) in [4.78, 5) is 13.1. The Balaban J connectivity index is 1.50. The predicted molar refractivity (Wildman–Crippen MR) is 125 cm³/mol. The molecule has 1 aromatic carbocycles. The molecule has 4 aromatic heterocycles. The molecule has 158 valence electrons. The number of thiophene rings is 1. The lowest BCUT2D eigenvalue weighted by molar-refractivity contribution is 0.102. The number of carbonyl (C=O) groups excluding carboxylic acids is 1. The van der Waals surface area contributed by atoms with E-state index in [2.05, 4.69) is 36.5 Å². The normalized spacial score (nSPS) is 11.6. The van der Waals surface area contributed by atoms with Crippen LogP contribution in [0.25, 0.3) is 21.1 Å². The minimum Gasteiger partial charge on any atom is -0.381 e. The van der Waals surface area contributed by atoms with E-state index < -0.39 is 0 Å². The third kappa shape index (κ3) is 3.29. The summed E-state index contributed by atoms with van der Waals surface area (Å²) in [7, 11) is 1.78. The Bertz CT molecular complexity index is 1440. The number of nitrogen functional groups attached to an aromatic ring is 1. The maximum absolute atomic E-state index is 13.1. The average molecular weight is 499 g/mol. The van der Waals surface area contributed by atoms with Crippen molar-refractivity contribution < 1.29 is 4.79 Å². The molecule has 0 radical (unpaired) electrons. The fourth-order valence-corrected chi connectivity index (χ4v) is 5.26. The van der Waals surface area contributed by atoms with E-state index in [-0.39, 0.29) is 5.91 Å². The van der Waals surface area contributed by atoms with E-state index in [4.69, 9.17) is 5.73 Å². The number of nitrogens with zero attached hydrogens (tertiary/aromatic N) is 6. The highest BCUT2D eigenvalue weighted by atomic mass is 79.9. The first-order chi connectivity index (χ1) is 15.0. The van der Waals surface area contributed by atoms with E-state index in [1.807, 2.05) is 46.7 Å². The van der Waals surface area contributed by atoms with Crippen molar-refractivity contribution in [3.63, 3.8) is 0 Å². The molecule has 5 rings (SSSR count). The maximum Gasteiger partial charge on any atom is 0.258 e. The van der Waals surface area contributed by atoms with Crippen molar-refractivity contribution in [1.82, 2.24) is 29.3 Å². The van der Waals surface area contributed by atoms with Gasteiger partial charge < -0.3 is 11.1 Å². The Labute approximate surface area is 189 Å². The summed E-state index contributed by atoms with van der Waals surface area (Å²) in [6.07, 6.45) is 1.95. The van der Waals surface area contributed by atoms with Crippen LogP contribution < -0.4 is 11.1 Å². The second kappa shape index (κ2) is 7.50. The van der Waals surface area contributed by atoms with Crippen LogP contribution in [-0.2, 0) is 20.1 Å². The Hall–Kier alpha value is -3.18. The van der Waals surface area contributed by atoms with Crippen LogP contribution in [0.3, 0.4) is 0 Å². The van der Waals surface area contributed by atoms with Crippen molar-refractivity contribution in [2.24, 2.45) is 7.05 Å². The molecule has 0 fully saturated rings. The summed E-state index contributed by atoms with van der Waals surface area (Å²) in [5.74, 6) is 0.210. The van der Waals surface area contributed by atoms with Crippen molar-refractivity contribution in [2.45, 2.75) is 20.0 Å². The number of aromatic nitrogens is 6. The maximum atomic E-state index is 13.1. The smallest absolute Gasteiger partial charge is 0.258 e. The second-order valence-electron chi connectivity index (χ2n) is 7.10. The number of anilines is 2. The van der Waals surface area contributed by atoms with Crippen LogP contribution >= 0.6 is 27.3 Å². The lowest BCUT2D eigenvalue weighted by Gasteiger charge is -2.07. The highest BCUT2D eigenvalue weighted by molar-refractivity contribution is 9.10. The van der Waals surface area contributed by atoms with Crippen molar-refractivity contribution in [3.8, 4) is 0 Å². The number of amides is 1. The third-order valence-corrected chi connectivity index (χ3v) is 6.69. The highest BCUT2D eigenvalue weighted by Gasteiger charge is 2.20. The monoisotopic (exact) mass is 498 g/mol. The summed E-state index contributed by atoms with van der Waals surface area (Å²) < 4.78 is 6.87. The van der Waals surface area contributed by atoms with Gasteiger partial charge in [0, 0.05) is 25.2 Å². The van der Waals surface area contributed by atoms with Crippen molar-refractivity contribution in [1.29, 1.82) is 0 Å². The molecule has 0 spiro atoms. The summed E-state index contributed by atoms with van der Waals surface area (Å²) in [5, 5.41) is 19.0. The summed E-state index contributed by atoms with van der Waals surface area (Å²) in [6.45, 7) is 3.40. The number of hydrogen-bond acceptors (Lipinski definition) is 6. The van der Waals surface area contributed by atoms with Gasteiger partial charge >= 0.3 is 0 Å². The molecule has 0 saturated heterocycles. The van der Waals surface area contributed by atoms with E-state index in [1.54, 1.807) is 17.1 Å². The Morgan fingerprint density at radius 1 is 1.26 bits per heavy atom. The van der Waals surface area contributed by atoms with E-state index in [1.165, 1.54) is 11.3 Å². The minimum atomic E-state index is -0.219. The SMILES string of the molecule is CCn1ccc(Cn2nc(Br)c3c(NC(=O)c4csc5c(N)nn(C)c45)cccc32)n1. The molecule has 11 heteroatoms. The fourth-order valence-electron chi connectivity index (χ4n) is 3.69. The van der Waals surface area contributed by atoms with Crippen LogP contribution in [0.1, 0.15) is 23.0 Å². The first kappa shape index (κ1) is 19.8. The standard InChI is InChI=1S/C20H19BrN8OS/c1-3-28-8-7-11(24-28)9-29-14-6-4-5-13(15(14)18(21)25-29)23-20(30)12-10-31-17-16(12)27(2)26-19(17)22/h4-8,10H,3,9H2,1-2H3,(H2,22,26)(H,23,30). The molecular formula is C20H19BrN8OS. The van der Waals surface area contributed by atoms with Gasteiger partial charge in [-0.3, -0.25) is 18.8 Å². The fraction of sp³-hybridized carbons (Fsp3) is 0.200. The Morgan fingerprint density at radius 3 is 2.87 bits per heavy atom. The minimum absolute atomic E-state index is 0.219. The van der Waals surface area contributed by atoms with Gasteiger partial charge in [0.1, 0.15) is 4.60 Å². The van der Waals surface area contributed by atoms with Gasteiger partial charge in [-0.15, -0.1) is 11.3 Å². The van der Waals surface area contributed by atoms with Gasteiger partial charge in [0.05, 0.1) is 44.6 Å². The van der Waals surface area contributed by atoms with Crippen LogP contribution in [0.2, 0.25) is 0 Å². The average Bonchev–Trinajstić information content (AvgIpc) is 3.50. The lowest BCUT2D eigenvalue weighted by atomic mass is 10.2. The Morgan fingerprint density at radius 2 is 2.10 bits per heavy atom. The van der Waals surface area contributed by atoms with Crippen LogP contribution in [0.5, 0.6) is 0 Å². The molecule has 9 nitrogen and oxygen atoms in total. The summed E-state index contributed by atoms with van der Waals surface area (Å²) in [6, 6.07) is 7.73. The van der Waals surface area contributed by atoms with Crippen LogP contribution in [-0.4, -0.2) is 35.2 Å². The topological polar surface area (TPSA) is 109 Å². The molecule has 0 aliphatic carbocycles. The molecule has 0 aliphatic heterocycles. The van der Waals surface area contributed by atoms with Crippen LogP contribution in [0.4, 0.5) is 11.5 Å². The Kier molecular flexibility index (Phi) is 4.78. The van der Waals surface area contributed by atoms with Gasteiger partial charge in [0.15, 0.2) is 5.82 Å². The summed E-state index contributed by atoms with van der Waals surface area (Å²) >= 11 is 4.97. The second-order valence-corrected chi connectivity index (χ2v) is 8.73. The molecule has 0 unspecified atom stereocenters. The number of nitrogens with one attached hydrogen (secondary N) is 1. The van der Waals surface area contributed by atoms with Crippen LogP contribution in [0.15, 0.2) is 40.4 Å². The van der Waals surface area contributed by atoms with Crippen LogP contribution in [0, 0.1) is 0 Å². The summed E-state index contributed by atoms with van der Waals surface area (Å²) in [5.41, 5.74) is 9.70. The number of hydrogen-bond donors (Lipinski definition) is 2. The molecule has 31 heavy (non-hydrogen) atoms.